The summed E-state index contributed by atoms with van der Waals surface area (Å²) < 4.78 is 5.66. The van der Waals surface area contributed by atoms with E-state index in [9.17, 15) is 0 Å². The van der Waals surface area contributed by atoms with E-state index in [0.29, 0.717) is 6.61 Å². The Hall–Kier alpha value is -1.81. The summed E-state index contributed by atoms with van der Waals surface area (Å²) >= 11 is 0. The fourth-order valence-corrected chi connectivity index (χ4v) is 2.39. The zero-order chi connectivity index (χ0) is 12.5. The number of hydrogen-bond acceptors (Lipinski definition) is 3. The molecule has 4 nitrogen and oxygen atoms in total. The van der Waals surface area contributed by atoms with E-state index in [1.54, 1.807) is 0 Å². The lowest BCUT2D eigenvalue weighted by Crippen LogP contribution is -2.22. The van der Waals surface area contributed by atoms with Crippen LogP contribution in [-0.4, -0.2) is 16.8 Å². The molecular weight excluding hydrogens is 226 g/mol. The van der Waals surface area contributed by atoms with Crippen LogP contribution in [0.15, 0.2) is 24.3 Å². The second kappa shape index (κ2) is 4.46. The third kappa shape index (κ3) is 1.88. The second-order valence-corrected chi connectivity index (χ2v) is 4.69. The second-order valence-electron chi connectivity index (χ2n) is 4.69. The lowest BCUT2D eigenvalue weighted by molar-refractivity contribution is 0.310. The van der Waals surface area contributed by atoms with E-state index in [1.807, 2.05) is 19.1 Å². The minimum atomic E-state index is 0.273. The van der Waals surface area contributed by atoms with Crippen molar-refractivity contribution < 1.29 is 4.74 Å². The van der Waals surface area contributed by atoms with Gasteiger partial charge in [0.1, 0.15) is 12.4 Å². The first-order chi connectivity index (χ1) is 8.75. The lowest BCUT2D eigenvalue weighted by Gasteiger charge is -2.11. The molecule has 1 aromatic carbocycles. The predicted octanol–water partition coefficient (Wildman–Crippen LogP) is 2.25. The van der Waals surface area contributed by atoms with Gasteiger partial charge in [0.05, 0.1) is 11.7 Å². The van der Waals surface area contributed by atoms with Crippen molar-refractivity contribution in [3.63, 3.8) is 0 Å². The molecule has 0 spiro atoms. The third-order valence-corrected chi connectivity index (χ3v) is 3.51. The van der Waals surface area contributed by atoms with Crippen molar-refractivity contribution in [1.29, 1.82) is 0 Å². The molecule has 0 saturated carbocycles. The largest absolute Gasteiger partial charge is 0.491 e. The molecule has 0 radical (unpaired) electrons. The molecule has 0 amide bonds. The maximum Gasteiger partial charge on any atom is 0.124 e. The highest BCUT2D eigenvalue weighted by Crippen LogP contribution is 2.31. The summed E-state index contributed by atoms with van der Waals surface area (Å²) in [5, 5.41) is 10.8. The number of aromatic nitrogens is 2. The number of nitrogens with one attached hydrogen (secondary N) is 2. The number of nitrogens with zero attached hydrogens (tertiary/aromatic N) is 1. The van der Waals surface area contributed by atoms with Crippen LogP contribution in [0.4, 0.5) is 0 Å². The number of H-pyrrole nitrogens is 1. The average Bonchev–Trinajstić information content (AvgIpc) is 2.93. The number of rotatable bonds is 3. The molecule has 1 unspecified atom stereocenters. The molecule has 4 heteroatoms. The monoisotopic (exact) mass is 243 g/mol. The van der Waals surface area contributed by atoms with Gasteiger partial charge in [0.15, 0.2) is 0 Å². The van der Waals surface area contributed by atoms with E-state index in [1.165, 1.54) is 11.1 Å². The van der Waals surface area contributed by atoms with Crippen LogP contribution in [0.1, 0.15) is 28.6 Å². The van der Waals surface area contributed by atoms with Gasteiger partial charge in [0.25, 0.3) is 0 Å². The molecular formula is C14H17N3O. The first-order valence-electron chi connectivity index (χ1n) is 6.21. The zero-order valence-corrected chi connectivity index (χ0v) is 10.7. The van der Waals surface area contributed by atoms with E-state index < -0.39 is 0 Å². The van der Waals surface area contributed by atoms with E-state index in [2.05, 4.69) is 34.6 Å². The van der Waals surface area contributed by atoms with Gasteiger partial charge in [0, 0.05) is 23.4 Å². The number of ether oxygens (including phenoxy) is 1. The first kappa shape index (κ1) is 11.3. The highest BCUT2D eigenvalue weighted by molar-refractivity contribution is 5.39. The molecule has 0 fully saturated rings. The molecule has 0 bridgehead atoms. The summed E-state index contributed by atoms with van der Waals surface area (Å²) in [6, 6.07) is 8.47. The topological polar surface area (TPSA) is 49.9 Å². The normalized spacial score (nSPS) is 17.6. The fraction of sp³-hybridized carbons (Fsp3) is 0.357. The third-order valence-electron chi connectivity index (χ3n) is 3.51. The molecule has 3 rings (SSSR count). The van der Waals surface area contributed by atoms with Gasteiger partial charge in [-0.2, -0.15) is 5.10 Å². The van der Waals surface area contributed by atoms with Crippen LogP contribution in [0, 0.1) is 13.8 Å². The van der Waals surface area contributed by atoms with Crippen molar-refractivity contribution in [1.82, 2.24) is 15.5 Å². The summed E-state index contributed by atoms with van der Waals surface area (Å²) in [5.74, 6) is 0.996. The molecule has 1 aliphatic heterocycles. The number of fused-ring (bicyclic) bond motifs is 1. The minimum Gasteiger partial charge on any atom is -0.491 e. The van der Waals surface area contributed by atoms with E-state index in [-0.39, 0.29) is 6.04 Å². The summed E-state index contributed by atoms with van der Waals surface area (Å²) in [6.07, 6.45) is 0. The van der Waals surface area contributed by atoms with Gasteiger partial charge < -0.3 is 10.1 Å². The maximum atomic E-state index is 5.66. The van der Waals surface area contributed by atoms with E-state index >= 15 is 0 Å². The maximum absolute atomic E-state index is 5.66. The molecule has 1 atom stereocenters. The van der Waals surface area contributed by atoms with E-state index in [4.69, 9.17) is 4.74 Å². The van der Waals surface area contributed by atoms with Crippen LogP contribution < -0.4 is 10.1 Å². The standard InChI is InChI=1S/C14H17N3O/c1-9-12(10(2)17-16-9)7-15-13-8-18-14-6-4-3-5-11(13)14/h3-6,13,15H,7-8H2,1-2H3,(H,16,17). The summed E-state index contributed by atoms with van der Waals surface area (Å²) in [7, 11) is 0. The van der Waals surface area contributed by atoms with Crippen LogP contribution in [0.25, 0.3) is 0 Å². The quantitative estimate of drug-likeness (QED) is 0.869. The molecule has 2 aromatic rings. The van der Waals surface area contributed by atoms with Crippen LogP contribution >= 0.6 is 0 Å². The highest BCUT2D eigenvalue weighted by Gasteiger charge is 2.23. The Kier molecular flexibility index (Phi) is 2.80. The number of para-hydroxylation sites is 1. The smallest absolute Gasteiger partial charge is 0.124 e. The number of aryl methyl sites for hydroxylation is 2. The molecule has 0 aliphatic carbocycles. The van der Waals surface area contributed by atoms with Gasteiger partial charge in [-0.1, -0.05) is 18.2 Å². The number of benzene rings is 1. The van der Waals surface area contributed by atoms with Crippen LogP contribution in [0.5, 0.6) is 5.75 Å². The lowest BCUT2D eigenvalue weighted by atomic mass is 10.1. The van der Waals surface area contributed by atoms with Gasteiger partial charge >= 0.3 is 0 Å². The van der Waals surface area contributed by atoms with Crippen molar-refractivity contribution in [2.45, 2.75) is 26.4 Å². The molecule has 0 saturated heterocycles. The van der Waals surface area contributed by atoms with Crippen LogP contribution in [0.2, 0.25) is 0 Å². The average molecular weight is 243 g/mol. The molecule has 94 valence electrons. The Morgan fingerprint density at radius 3 is 3.00 bits per heavy atom. The number of aromatic amines is 1. The Morgan fingerprint density at radius 1 is 1.39 bits per heavy atom. The van der Waals surface area contributed by atoms with E-state index in [0.717, 1.165) is 23.7 Å². The molecule has 2 heterocycles. The van der Waals surface area contributed by atoms with Crippen molar-refractivity contribution in [2.24, 2.45) is 0 Å². The van der Waals surface area contributed by atoms with Gasteiger partial charge in [-0.15, -0.1) is 0 Å². The summed E-state index contributed by atoms with van der Waals surface area (Å²) in [5.41, 5.74) is 4.69. The Balaban J connectivity index is 1.72. The van der Waals surface area contributed by atoms with Crippen molar-refractivity contribution >= 4 is 0 Å². The molecule has 1 aromatic heterocycles. The minimum absolute atomic E-state index is 0.273. The molecule has 2 N–H and O–H groups in total. The number of hydrogen-bond donors (Lipinski definition) is 2. The Morgan fingerprint density at radius 2 is 2.22 bits per heavy atom. The van der Waals surface area contributed by atoms with Gasteiger partial charge in [-0.25, -0.2) is 0 Å². The Labute approximate surface area is 106 Å². The highest BCUT2D eigenvalue weighted by atomic mass is 16.5. The Bertz CT molecular complexity index is 542. The van der Waals surface area contributed by atoms with Gasteiger partial charge in [-0.3, -0.25) is 5.10 Å². The summed E-state index contributed by atoms with van der Waals surface area (Å²) in [6.45, 7) is 5.60. The van der Waals surface area contributed by atoms with Crippen LogP contribution in [0.3, 0.4) is 0 Å². The van der Waals surface area contributed by atoms with Crippen molar-refractivity contribution in [3.8, 4) is 5.75 Å². The fourth-order valence-electron chi connectivity index (χ4n) is 2.39. The van der Waals surface area contributed by atoms with Crippen molar-refractivity contribution in [2.75, 3.05) is 6.61 Å². The first-order valence-corrected chi connectivity index (χ1v) is 6.21. The van der Waals surface area contributed by atoms with Crippen LogP contribution in [-0.2, 0) is 6.54 Å². The van der Waals surface area contributed by atoms with Gasteiger partial charge in [-0.05, 0) is 19.9 Å². The molecule has 18 heavy (non-hydrogen) atoms. The summed E-state index contributed by atoms with van der Waals surface area (Å²) in [4.78, 5) is 0. The van der Waals surface area contributed by atoms with Gasteiger partial charge in [0.2, 0.25) is 0 Å². The zero-order valence-electron chi connectivity index (χ0n) is 10.7. The molecule has 1 aliphatic rings. The van der Waals surface area contributed by atoms with Crippen molar-refractivity contribution in [3.05, 3.63) is 46.8 Å². The predicted molar refractivity (Wildman–Crippen MR) is 69.6 cm³/mol. The SMILES string of the molecule is Cc1n[nH]c(C)c1CNC1COc2ccccc21.